The topological polar surface area (TPSA) is 81.1 Å². The molecule has 5 rings (SSSR count). The molecular weight excluding hydrogens is 472 g/mol. The molecule has 0 spiro atoms. The monoisotopic (exact) mass is 506 g/mol. The van der Waals surface area contributed by atoms with Gasteiger partial charge in [0.05, 0.1) is 18.1 Å². The van der Waals surface area contributed by atoms with Crippen molar-refractivity contribution in [3.05, 3.63) is 89.5 Å². The highest BCUT2D eigenvalue weighted by Gasteiger charge is 2.50. The minimum Gasteiger partial charge on any atom is -0.395 e. The maximum Gasteiger partial charge on any atom is 0.243 e. The summed E-state index contributed by atoms with van der Waals surface area (Å²) >= 11 is 0. The summed E-state index contributed by atoms with van der Waals surface area (Å²) in [7, 11) is -3.61. The van der Waals surface area contributed by atoms with Crippen LogP contribution >= 0.6 is 0 Å². The fourth-order valence-corrected chi connectivity index (χ4v) is 7.66. The highest BCUT2D eigenvalue weighted by atomic mass is 32.2. The summed E-state index contributed by atoms with van der Waals surface area (Å²) in [5.74, 6) is 0.0461. The van der Waals surface area contributed by atoms with Crippen molar-refractivity contribution in [3.8, 4) is 11.1 Å². The molecule has 0 saturated carbocycles. The number of nitrogens with zero attached hydrogens (tertiary/aromatic N) is 2. The van der Waals surface area contributed by atoms with E-state index < -0.39 is 10.0 Å². The molecule has 2 aliphatic heterocycles. The fourth-order valence-electron chi connectivity index (χ4n) is 5.94. The van der Waals surface area contributed by atoms with Crippen molar-refractivity contribution >= 4 is 10.0 Å². The summed E-state index contributed by atoms with van der Waals surface area (Å²) in [6.45, 7) is 3.65. The molecule has 7 heteroatoms. The molecule has 6 nitrogen and oxygen atoms in total. The summed E-state index contributed by atoms with van der Waals surface area (Å²) in [5.41, 5.74) is 4.77. The minimum atomic E-state index is -3.61. The molecule has 2 heterocycles. The van der Waals surface area contributed by atoms with Crippen molar-refractivity contribution in [3.63, 3.8) is 0 Å². The van der Waals surface area contributed by atoms with Gasteiger partial charge >= 0.3 is 0 Å². The highest BCUT2D eigenvalue weighted by molar-refractivity contribution is 7.89. The number of sulfonamides is 1. The third-order valence-corrected chi connectivity index (χ3v) is 9.86. The SMILES string of the molecule is Cc1ccccc1S(=O)(=O)N1CCCCN2C(C1)[C@H](c1ccc(-c3ccccc3CO)cc1)[C@H]2CO. The highest BCUT2D eigenvalue weighted by Crippen LogP contribution is 2.43. The minimum absolute atomic E-state index is 0.0109. The van der Waals surface area contributed by atoms with Crippen LogP contribution in [0.15, 0.2) is 77.7 Å². The normalized spacial score (nSPS) is 23.4. The van der Waals surface area contributed by atoms with E-state index >= 15 is 0 Å². The molecule has 3 aromatic carbocycles. The molecule has 190 valence electrons. The van der Waals surface area contributed by atoms with E-state index in [2.05, 4.69) is 29.2 Å². The van der Waals surface area contributed by atoms with E-state index in [1.54, 1.807) is 16.4 Å². The standard InChI is InChI=1S/C29H34N2O4S/c1-21-8-2-5-11-28(21)36(34,35)30-16-6-7-17-31-26(18-30)29(27(31)20-33)23-14-12-22(13-15-23)25-10-4-3-9-24(25)19-32/h2-5,8-15,26-27,29,32-33H,6-7,16-20H2,1H3/t26?,27-,29+/m1/s1. The van der Waals surface area contributed by atoms with Gasteiger partial charge in [0.25, 0.3) is 0 Å². The van der Waals surface area contributed by atoms with Gasteiger partial charge in [-0.3, -0.25) is 4.90 Å². The number of aryl methyl sites for hydroxylation is 1. The number of rotatable bonds is 6. The molecular formula is C29H34N2O4S. The van der Waals surface area contributed by atoms with Gasteiger partial charge in [0, 0.05) is 31.1 Å². The lowest BCUT2D eigenvalue weighted by Crippen LogP contribution is -2.67. The molecule has 2 saturated heterocycles. The molecule has 36 heavy (non-hydrogen) atoms. The van der Waals surface area contributed by atoms with Crippen LogP contribution in [0.4, 0.5) is 0 Å². The van der Waals surface area contributed by atoms with Crippen molar-refractivity contribution in [2.24, 2.45) is 0 Å². The first-order valence-corrected chi connectivity index (χ1v) is 14.1. The molecule has 2 aliphatic rings. The lowest BCUT2D eigenvalue weighted by Gasteiger charge is -2.57. The van der Waals surface area contributed by atoms with Gasteiger partial charge < -0.3 is 10.2 Å². The van der Waals surface area contributed by atoms with Crippen molar-refractivity contribution in [1.29, 1.82) is 0 Å². The third kappa shape index (κ3) is 4.51. The Hall–Kier alpha value is -2.55. The summed E-state index contributed by atoms with van der Waals surface area (Å²) in [4.78, 5) is 2.66. The number of hydrogen-bond donors (Lipinski definition) is 2. The molecule has 2 fully saturated rings. The molecule has 0 aliphatic carbocycles. The molecule has 0 bridgehead atoms. The van der Waals surface area contributed by atoms with E-state index in [-0.39, 0.29) is 31.2 Å². The van der Waals surface area contributed by atoms with Gasteiger partial charge in [-0.25, -0.2) is 8.42 Å². The van der Waals surface area contributed by atoms with Crippen LogP contribution in [0.1, 0.15) is 35.4 Å². The number of aliphatic hydroxyl groups excluding tert-OH is 2. The first-order chi connectivity index (χ1) is 17.5. The molecule has 0 aromatic heterocycles. The lowest BCUT2D eigenvalue weighted by atomic mass is 9.74. The lowest BCUT2D eigenvalue weighted by molar-refractivity contribution is -0.0553. The van der Waals surface area contributed by atoms with Crippen molar-refractivity contribution in [2.75, 3.05) is 26.2 Å². The predicted octanol–water partition coefficient (Wildman–Crippen LogP) is 3.77. The molecule has 2 N–H and O–H groups in total. The van der Waals surface area contributed by atoms with Gasteiger partial charge in [-0.2, -0.15) is 4.31 Å². The van der Waals surface area contributed by atoms with Crippen molar-refractivity contribution < 1.29 is 18.6 Å². The summed E-state index contributed by atoms with van der Waals surface area (Å²) in [6.07, 6.45) is 1.70. The van der Waals surface area contributed by atoms with Gasteiger partial charge in [-0.15, -0.1) is 0 Å². The zero-order valence-electron chi connectivity index (χ0n) is 20.6. The molecule has 3 atom stereocenters. The molecule has 3 aromatic rings. The van der Waals surface area contributed by atoms with Crippen LogP contribution in [0.2, 0.25) is 0 Å². The molecule has 0 amide bonds. The van der Waals surface area contributed by atoms with E-state index in [1.165, 1.54) is 0 Å². The Morgan fingerprint density at radius 1 is 0.889 bits per heavy atom. The number of aliphatic hydroxyl groups is 2. The Bertz CT molecular complexity index is 1310. The average molecular weight is 507 g/mol. The van der Waals surface area contributed by atoms with Crippen LogP contribution in [0.25, 0.3) is 11.1 Å². The van der Waals surface area contributed by atoms with Gasteiger partial charge in [0.1, 0.15) is 0 Å². The van der Waals surface area contributed by atoms with Crippen LogP contribution in [-0.2, 0) is 16.6 Å². The van der Waals surface area contributed by atoms with Gasteiger partial charge in [-0.05, 0) is 60.2 Å². The van der Waals surface area contributed by atoms with Crippen LogP contribution in [0, 0.1) is 6.92 Å². The van der Waals surface area contributed by atoms with Crippen LogP contribution < -0.4 is 0 Å². The van der Waals surface area contributed by atoms with E-state index in [4.69, 9.17) is 0 Å². The van der Waals surface area contributed by atoms with E-state index in [0.29, 0.717) is 18.0 Å². The first-order valence-electron chi connectivity index (χ1n) is 12.7. The first kappa shape index (κ1) is 25.1. The predicted molar refractivity (Wildman–Crippen MR) is 141 cm³/mol. The Balaban J connectivity index is 1.44. The van der Waals surface area contributed by atoms with Crippen LogP contribution in [0.5, 0.6) is 0 Å². The van der Waals surface area contributed by atoms with Crippen LogP contribution in [-0.4, -0.2) is 66.2 Å². The van der Waals surface area contributed by atoms with Crippen molar-refractivity contribution in [2.45, 2.75) is 49.3 Å². The maximum absolute atomic E-state index is 13.6. The Morgan fingerprint density at radius 3 is 2.31 bits per heavy atom. The summed E-state index contributed by atoms with van der Waals surface area (Å²) in [5, 5.41) is 20.0. The van der Waals surface area contributed by atoms with E-state index in [1.807, 2.05) is 43.3 Å². The third-order valence-electron chi connectivity index (χ3n) is 7.84. The second-order valence-corrected chi connectivity index (χ2v) is 11.8. The second-order valence-electron chi connectivity index (χ2n) is 9.85. The number of fused-ring (bicyclic) bond motifs is 1. The zero-order valence-corrected chi connectivity index (χ0v) is 21.4. The Morgan fingerprint density at radius 2 is 1.58 bits per heavy atom. The number of benzene rings is 3. The second kappa shape index (κ2) is 10.4. The Labute approximate surface area is 213 Å². The molecule has 0 radical (unpaired) electrons. The van der Waals surface area contributed by atoms with E-state index in [0.717, 1.165) is 47.2 Å². The van der Waals surface area contributed by atoms with Gasteiger partial charge in [0.15, 0.2) is 0 Å². The van der Waals surface area contributed by atoms with Crippen molar-refractivity contribution in [1.82, 2.24) is 9.21 Å². The smallest absolute Gasteiger partial charge is 0.243 e. The quantitative estimate of drug-likeness (QED) is 0.532. The average Bonchev–Trinajstić information content (AvgIpc) is 2.88. The van der Waals surface area contributed by atoms with Crippen LogP contribution in [0.3, 0.4) is 0 Å². The van der Waals surface area contributed by atoms with Gasteiger partial charge in [0.2, 0.25) is 10.0 Å². The zero-order chi connectivity index (χ0) is 25.3. The summed E-state index contributed by atoms with van der Waals surface area (Å²) < 4.78 is 28.9. The van der Waals surface area contributed by atoms with E-state index in [9.17, 15) is 18.6 Å². The van der Waals surface area contributed by atoms with Gasteiger partial charge in [-0.1, -0.05) is 66.7 Å². The summed E-state index contributed by atoms with van der Waals surface area (Å²) in [6, 6.07) is 23.3. The molecule has 1 unspecified atom stereocenters. The fraction of sp³-hybridized carbons (Fsp3) is 0.379. The number of hydrogen-bond acceptors (Lipinski definition) is 5. The maximum atomic E-state index is 13.6. The largest absolute Gasteiger partial charge is 0.395 e. The Kier molecular flexibility index (Phi) is 7.28.